The summed E-state index contributed by atoms with van der Waals surface area (Å²) in [6.07, 6.45) is -7.08. The van der Waals surface area contributed by atoms with E-state index in [0.717, 1.165) is 0 Å². The van der Waals surface area contributed by atoms with Crippen molar-refractivity contribution in [2.45, 2.75) is 25.3 Å². The Morgan fingerprint density at radius 1 is 1.40 bits per heavy atom. The monoisotopic (exact) mass is 297 g/mol. The van der Waals surface area contributed by atoms with Crippen molar-refractivity contribution < 1.29 is 31.5 Å². The van der Waals surface area contributed by atoms with Crippen molar-refractivity contribution >= 4 is 5.97 Å². The molecule has 3 nitrogen and oxygen atoms in total. The Morgan fingerprint density at radius 2 is 2.00 bits per heavy atom. The molecular formula is C12H12F5NO2. The van der Waals surface area contributed by atoms with E-state index in [-0.39, 0.29) is 12.7 Å². The Morgan fingerprint density at radius 3 is 2.45 bits per heavy atom. The Balaban J connectivity index is 3.00. The largest absolute Gasteiger partial charge is 0.464 e. The van der Waals surface area contributed by atoms with Crippen LogP contribution >= 0.6 is 0 Å². The summed E-state index contributed by atoms with van der Waals surface area (Å²) in [5, 5.41) is 0. The fourth-order valence-corrected chi connectivity index (χ4v) is 1.50. The van der Waals surface area contributed by atoms with Gasteiger partial charge in [-0.15, -0.1) is 0 Å². The van der Waals surface area contributed by atoms with Crippen molar-refractivity contribution in [1.82, 2.24) is 0 Å². The van der Waals surface area contributed by atoms with E-state index in [1.807, 2.05) is 0 Å². The summed E-state index contributed by atoms with van der Waals surface area (Å²) in [6, 6.07) is -0.269. The molecule has 0 saturated carbocycles. The van der Waals surface area contributed by atoms with Crippen molar-refractivity contribution in [3.63, 3.8) is 0 Å². The SMILES string of the molecule is CCOC(=O)C(F)[C@H](N)c1ccc(C(F)(F)F)cc1F. The first-order valence-electron chi connectivity index (χ1n) is 5.61. The van der Waals surface area contributed by atoms with Crippen molar-refractivity contribution in [2.24, 2.45) is 5.73 Å². The first kappa shape index (κ1) is 16.4. The number of carbonyl (C=O) groups excluding carboxylic acids is 1. The molecule has 0 amide bonds. The molecule has 0 fully saturated rings. The molecule has 0 aromatic heterocycles. The van der Waals surface area contributed by atoms with Gasteiger partial charge >= 0.3 is 12.1 Å². The van der Waals surface area contributed by atoms with E-state index in [1.165, 1.54) is 6.92 Å². The van der Waals surface area contributed by atoms with Crippen molar-refractivity contribution in [2.75, 3.05) is 6.61 Å². The van der Waals surface area contributed by atoms with Gasteiger partial charge in [-0.25, -0.2) is 13.6 Å². The predicted octanol–water partition coefficient (Wildman–Crippen LogP) is 2.75. The summed E-state index contributed by atoms with van der Waals surface area (Å²) in [5.74, 6) is -2.63. The molecule has 8 heteroatoms. The lowest BCUT2D eigenvalue weighted by Gasteiger charge is -2.17. The minimum absolute atomic E-state index is 0.0958. The van der Waals surface area contributed by atoms with Gasteiger partial charge in [0.25, 0.3) is 0 Å². The van der Waals surface area contributed by atoms with Gasteiger partial charge in [0, 0.05) is 5.56 Å². The van der Waals surface area contributed by atoms with Gasteiger partial charge in [-0.05, 0) is 19.1 Å². The average Bonchev–Trinajstić information content (AvgIpc) is 2.36. The maximum Gasteiger partial charge on any atom is 0.416 e. The maximum absolute atomic E-state index is 13.6. The second-order valence-corrected chi connectivity index (χ2v) is 3.91. The van der Waals surface area contributed by atoms with Crippen LogP contribution in [0.2, 0.25) is 0 Å². The molecular weight excluding hydrogens is 285 g/mol. The molecule has 0 radical (unpaired) electrons. The Kier molecular flexibility index (Phi) is 5.04. The van der Waals surface area contributed by atoms with Gasteiger partial charge in [0.2, 0.25) is 6.17 Å². The number of alkyl halides is 4. The van der Waals surface area contributed by atoms with Gasteiger partial charge in [0.15, 0.2) is 0 Å². The van der Waals surface area contributed by atoms with Crippen molar-refractivity contribution in [3.8, 4) is 0 Å². The normalized spacial score (nSPS) is 14.8. The van der Waals surface area contributed by atoms with Crippen LogP contribution in [0.5, 0.6) is 0 Å². The number of benzene rings is 1. The van der Waals surface area contributed by atoms with E-state index in [1.54, 1.807) is 0 Å². The molecule has 0 aliphatic carbocycles. The molecule has 112 valence electrons. The molecule has 0 spiro atoms. The Labute approximate surface area is 111 Å². The van der Waals surface area contributed by atoms with E-state index in [4.69, 9.17) is 5.73 Å². The standard InChI is InChI=1S/C12H12F5NO2/c1-2-20-11(19)9(14)10(18)7-4-3-6(5-8(7)13)12(15,16)17/h3-5,9-10H,2,18H2,1H3/t9?,10-/m1/s1. The van der Waals surface area contributed by atoms with E-state index in [9.17, 15) is 26.7 Å². The zero-order valence-electron chi connectivity index (χ0n) is 10.4. The average molecular weight is 297 g/mol. The van der Waals surface area contributed by atoms with Gasteiger partial charge < -0.3 is 10.5 Å². The Hall–Kier alpha value is -1.70. The van der Waals surface area contributed by atoms with Crippen LogP contribution in [0.4, 0.5) is 22.0 Å². The van der Waals surface area contributed by atoms with Crippen LogP contribution in [-0.4, -0.2) is 18.7 Å². The van der Waals surface area contributed by atoms with Gasteiger partial charge in [-0.3, -0.25) is 0 Å². The zero-order valence-corrected chi connectivity index (χ0v) is 10.4. The summed E-state index contributed by atoms with van der Waals surface area (Å²) in [4.78, 5) is 11.1. The quantitative estimate of drug-likeness (QED) is 0.687. The third-order valence-corrected chi connectivity index (χ3v) is 2.51. The van der Waals surface area contributed by atoms with Gasteiger partial charge in [-0.1, -0.05) is 6.07 Å². The smallest absolute Gasteiger partial charge is 0.416 e. The topological polar surface area (TPSA) is 52.3 Å². The molecule has 0 aliphatic heterocycles. The molecule has 2 atom stereocenters. The number of esters is 1. The van der Waals surface area contributed by atoms with Crippen LogP contribution < -0.4 is 5.73 Å². The van der Waals surface area contributed by atoms with E-state index < -0.39 is 41.3 Å². The number of hydrogen-bond donors (Lipinski definition) is 1. The molecule has 1 unspecified atom stereocenters. The lowest BCUT2D eigenvalue weighted by molar-refractivity contribution is -0.150. The zero-order chi connectivity index (χ0) is 15.5. The molecule has 0 bridgehead atoms. The second kappa shape index (κ2) is 6.17. The Bertz CT molecular complexity index is 489. The summed E-state index contributed by atoms with van der Waals surface area (Å²) < 4.78 is 68.5. The number of ether oxygens (including phenoxy) is 1. The minimum atomic E-state index is -4.72. The number of halogens is 5. The van der Waals surface area contributed by atoms with Crippen LogP contribution in [-0.2, 0) is 15.7 Å². The highest BCUT2D eigenvalue weighted by atomic mass is 19.4. The van der Waals surface area contributed by atoms with Crippen molar-refractivity contribution in [3.05, 3.63) is 35.1 Å². The third-order valence-electron chi connectivity index (χ3n) is 2.51. The number of hydrogen-bond acceptors (Lipinski definition) is 3. The van der Waals surface area contributed by atoms with Gasteiger partial charge in [0.05, 0.1) is 18.2 Å². The minimum Gasteiger partial charge on any atom is -0.464 e. The predicted molar refractivity (Wildman–Crippen MR) is 59.9 cm³/mol. The number of carbonyl (C=O) groups is 1. The van der Waals surface area contributed by atoms with Crippen molar-refractivity contribution in [1.29, 1.82) is 0 Å². The van der Waals surface area contributed by atoms with E-state index in [2.05, 4.69) is 4.74 Å². The summed E-state index contributed by atoms with van der Waals surface area (Å²) in [7, 11) is 0. The maximum atomic E-state index is 13.6. The summed E-state index contributed by atoms with van der Waals surface area (Å²) in [6.45, 7) is 1.34. The number of rotatable bonds is 4. The van der Waals surface area contributed by atoms with E-state index in [0.29, 0.717) is 12.1 Å². The van der Waals surface area contributed by atoms with Crippen LogP contribution in [0.25, 0.3) is 0 Å². The lowest BCUT2D eigenvalue weighted by atomic mass is 10.0. The van der Waals surface area contributed by atoms with Crippen LogP contribution in [0, 0.1) is 5.82 Å². The van der Waals surface area contributed by atoms with Gasteiger partial charge in [0.1, 0.15) is 5.82 Å². The highest BCUT2D eigenvalue weighted by Crippen LogP contribution is 2.31. The fraction of sp³-hybridized carbons (Fsp3) is 0.417. The fourth-order valence-electron chi connectivity index (χ4n) is 1.50. The van der Waals surface area contributed by atoms with E-state index >= 15 is 0 Å². The molecule has 1 rings (SSSR count). The molecule has 0 heterocycles. The highest BCUT2D eigenvalue weighted by molar-refractivity contribution is 5.75. The first-order valence-corrected chi connectivity index (χ1v) is 5.61. The molecule has 20 heavy (non-hydrogen) atoms. The lowest BCUT2D eigenvalue weighted by Crippen LogP contribution is -2.32. The first-order chi connectivity index (χ1) is 9.18. The van der Waals surface area contributed by atoms with Crippen LogP contribution in [0.3, 0.4) is 0 Å². The third kappa shape index (κ3) is 3.66. The van der Waals surface area contributed by atoms with Crippen LogP contribution in [0.1, 0.15) is 24.1 Å². The highest BCUT2D eigenvalue weighted by Gasteiger charge is 2.34. The second-order valence-electron chi connectivity index (χ2n) is 3.91. The summed E-state index contributed by atoms with van der Waals surface area (Å²) in [5.41, 5.74) is 3.58. The molecule has 2 N–H and O–H groups in total. The molecule has 1 aromatic rings. The van der Waals surface area contributed by atoms with Crippen LogP contribution in [0.15, 0.2) is 18.2 Å². The molecule has 1 aromatic carbocycles. The summed E-state index contributed by atoms with van der Waals surface area (Å²) >= 11 is 0. The molecule has 0 saturated heterocycles. The van der Waals surface area contributed by atoms with Gasteiger partial charge in [-0.2, -0.15) is 13.2 Å². The number of nitrogens with two attached hydrogens (primary N) is 1. The molecule has 0 aliphatic rings.